The van der Waals surface area contributed by atoms with Crippen LogP contribution in [0.3, 0.4) is 0 Å². The highest BCUT2D eigenvalue weighted by atomic mass is 19.1. The van der Waals surface area contributed by atoms with Crippen molar-refractivity contribution in [2.24, 2.45) is 7.05 Å². The van der Waals surface area contributed by atoms with Gasteiger partial charge < -0.3 is 0 Å². The van der Waals surface area contributed by atoms with E-state index in [1.54, 1.807) is 7.05 Å². The largest absolute Gasteiger partial charge is 0.345 e. The van der Waals surface area contributed by atoms with Crippen LogP contribution in [0.25, 0.3) is 0 Å². The molecule has 0 bridgehead atoms. The van der Waals surface area contributed by atoms with Crippen molar-refractivity contribution in [3.8, 4) is 6.07 Å². The first-order valence-electron chi connectivity index (χ1n) is 4.89. The molecule has 0 aliphatic heterocycles. The van der Waals surface area contributed by atoms with Crippen molar-refractivity contribution < 1.29 is 4.39 Å². The Bertz CT molecular complexity index is 650. The van der Waals surface area contributed by atoms with E-state index in [9.17, 15) is 9.18 Å². The lowest BCUT2D eigenvalue weighted by molar-refractivity contribution is 0.575. The molecule has 0 saturated heterocycles. The Balaban J connectivity index is 2.34. The van der Waals surface area contributed by atoms with E-state index in [1.165, 1.54) is 23.0 Å². The molecule has 2 aromatic rings. The Kier molecular flexibility index (Phi) is 2.75. The zero-order chi connectivity index (χ0) is 12.4. The van der Waals surface area contributed by atoms with E-state index in [-0.39, 0.29) is 17.8 Å². The smallest absolute Gasteiger partial charge is 0.285 e. The SMILES string of the molecule is Cn1cnn(Cc2ccc(C#N)cc2F)c1=O. The van der Waals surface area contributed by atoms with E-state index in [0.29, 0.717) is 5.56 Å². The molecule has 2 rings (SSSR count). The molecular weight excluding hydrogens is 223 g/mol. The summed E-state index contributed by atoms with van der Waals surface area (Å²) in [4.78, 5) is 11.5. The maximum absolute atomic E-state index is 13.6. The summed E-state index contributed by atoms with van der Waals surface area (Å²) in [5.41, 5.74) is 0.262. The molecule has 1 heterocycles. The van der Waals surface area contributed by atoms with E-state index >= 15 is 0 Å². The summed E-state index contributed by atoms with van der Waals surface area (Å²) < 4.78 is 16.0. The highest BCUT2D eigenvalue weighted by Crippen LogP contribution is 2.10. The number of hydrogen-bond acceptors (Lipinski definition) is 3. The molecule has 86 valence electrons. The quantitative estimate of drug-likeness (QED) is 0.763. The molecule has 0 unspecified atom stereocenters. The molecule has 0 radical (unpaired) electrons. The van der Waals surface area contributed by atoms with E-state index < -0.39 is 5.82 Å². The summed E-state index contributed by atoms with van der Waals surface area (Å²) in [5, 5.41) is 12.4. The van der Waals surface area contributed by atoms with Crippen LogP contribution in [0.1, 0.15) is 11.1 Å². The molecule has 1 aromatic carbocycles. The van der Waals surface area contributed by atoms with E-state index in [2.05, 4.69) is 5.10 Å². The first-order valence-corrected chi connectivity index (χ1v) is 4.89. The average Bonchev–Trinajstić information content (AvgIpc) is 2.63. The molecule has 17 heavy (non-hydrogen) atoms. The van der Waals surface area contributed by atoms with Gasteiger partial charge in [-0.2, -0.15) is 10.4 Å². The Morgan fingerprint density at radius 3 is 2.82 bits per heavy atom. The molecule has 1 aromatic heterocycles. The molecule has 0 amide bonds. The van der Waals surface area contributed by atoms with Crippen molar-refractivity contribution in [1.29, 1.82) is 5.26 Å². The van der Waals surface area contributed by atoms with Gasteiger partial charge in [0.2, 0.25) is 0 Å². The van der Waals surface area contributed by atoms with Crippen molar-refractivity contribution in [3.63, 3.8) is 0 Å². The van der Waals surface area contributed by atoms with Crippen LogP contribution in [-0.4, -0.2) is 14.3 Å². The van der Waals surface area contributed by atoms with Gasteiger partial charge in [-0.15, -0.1) is 0 Å². The second-order valence-electron chi connectivity index (χ2n) is 3.60. The fourth-order valence-corrected chi connectivity index (χ4v) is 1.44. The minimum absolute atomic E-state index is 0.0528. The minimum atomic E-state index is -0.512. The third kappa shape index (κ3) is 2.08. The lowest BCUT2D eigenvalue weighted by Crippen LogP contribution is -2.23. The van der Waals surface area contributed by atoms with Crippen molar-refractivity contribution in [3.05, 3.63) is 52.0 Å². The Morgan fingerprint density at radius 2 is 2.29 bits per heavy atom. The van der Waals surface area contributed by atoms with Gasteiger partial charge in [0.15, 0.2) is 0 Å². The fourth-order valence-electron chi connectivity index (χ4n) is 1.44. The first kappa shape index (κ1) is 11.1. The highest BCUT2D eigenvalue weighted by Gasteiger charge is 2.07. The molecule has 0 aliphatic carbocycles. The second kappa shape index (κ2) is 4.22. The molecule has 0 N–H and O–H groups in total. The van der Waals surface area contributed by atoms with Crippen molar-refractivity contribution in [2.75, 3.05) is 0 Å². The molecule has 0 saturated carbocycles. The number of benzene rings is 1. The molecule has 5 nitrogen and oxygen atoms in total. The Labute approximate surface area is 96.3 Å². The van der Waals surface area contributed by atoms with Gasteiger partial charge in [0.05, 0.1) is 18.2 Å². The van der Waals surface area contributed by atoms with Gasteiger partial charge in [-0.05, 0) is 12.1 Å². The van der Waals surface area contributed by atoms with Gasteiger partial charge >= 0.3 is 5.69 Å². The van der Waals surface area contributed by atoms with Crippen LogP contribution in [0.15, 0.2) is 29.3 Å². The van der Waals surface area contributed by atoms with Crippen LogP contribution in [0.5, 0.6) is 0 Å². The summed E-state index contributed by atoms with van der Waals surface area (Å²) in [6, 6.07) is 5.98. The maximum Gasteiger partial charge on any atom is 0.345 e. The highest BCUT2D eigenvalue weighted by molar-refractivity contribution is 5.32. The molecule has 0 spiro atoms. The minimum Gasteiger partial charge on any atom is -0.285 e. The topological polar surface area (TPSA) is 63.6 Å². The van der Waals surface area contributed by atoms with Gasteiger partial charge in [0.25, 0.3) is 0 Å². The van der Waals surface area contributed by atoms with E-state index in [0.717, 1.165) is 10.7 Å². The third-order valence-electron chi connectivity index (χ3n) is 2.39. The lowest BCUT2D eigenvalue weighted by Gasteiger charge is -2.02. The van der Waals surface area contributed by atoms with E-state index in [4.69, 9.17) is 5.26 Å². The van der Waals surface area contributed by atoms with Gasteiger partial charge in [-0.3, -0.25) is 4.57 Å². The van der Waals surface area contributed by atoms with Crippen molar-refractivity contribution >= 4 is 0 Å². The van der Waals surface area contributed by atoms with Crippen LogP contribution in [0.2, 0.25) is 0 Å². The van der Waals surface area contributed by atoms with Gasteiger partial charge in [-0.1, -0.05) is 6.07 Å². The van der Waals surface area contributed by atoms with Gasteiger partial charge in [-0.25, -0.2) is 13.9 Å². The first-order chi connectivity index (χ1) is 8.11. The zero-order valence-electron chi connectivity index (χ0n) is 9.09. The molecule has 0 aliphatic rings. The number of hydrogen-bond donors (Lipinski definition) is 0. The van der Waals surface area contributed by atoms with E-state index in [1.807, 2.05) is 6.07 Å². The standard InChI is InChI=1S/C11H9FN4O/c1-15-7-14-16(11(15)17)6-9-3-2-8(5-13)4-10(9)12/h2-4,7H,6H2,1H3. The molecule has 6 heteroatoms. The number of nitriles is 1. The monoisotopic (exact) mass is 232 g/mol. The summed E-state index contributed by atoms with van der Waals surface area (Å²) >= 11 is 0. The summed E-state index contributed by atoms with van der Waals surface area (Å²) in [6.45, 7) is 0.0528. The lowest BCUT2D eigenvalue weighted by atomic mass is 10.1. The molecule has 0 fully saturated rings. The zero-order valence-corrected chi connectivity index (χ0v) is 9.09. The van der Waals surface area contributed by atoms with Crippen LogP contribution < -0.4 is 5.69 Å². The van der Waals surface area contributed by atoms with Crippen LogP contribution in [0.4, 0.5) is 4.39 Å². The predicted molar refractivity (Wildman–Crippen MR) is 57.7 cm³/mol. The number of rotatable bonds is 2. The van der Waals surface area contributed by atoms with Crippen LogP contribution in [0, 0.1) is 17.1 Å². The summed E-state index contributed by atoms with van der Waals surface area (Å²) in [5.74, 6) is -0.512. The Hall–Kier alpha value is -2.42. The molecular formula is C11H9FN4O. The molecule has 0 atom stereocenters. The predicted octanol–water partition coefficient (Wildman–Crippen LogP) is 0.641. The van der Waals surface area contributed by atoms with Crippen LogP contribution in [-0.2, 0) is 13.6 Å². The summed E-state index contributed by atoms with van der Waals surface area (Å²) in [7, 11) is 1.57. The van der Waals surface area contributed by atoms with Gasteiger partial charge in [0, 0.05) is 12.6 Å². The normalized spacial score (nSPS) is 10.2. The number of aryl methyl sites for hydroxylation is 1. The maximum atomic E-state index is 13.6. The summed E-state index contributed by atoms with van der Waals surface area (Å²) in [6.07, 6.45) is 1.36. The number of aromatic nitrogens is 3. The van der Waals surface area contributed by atoms with Crippen molar-refractivity contribution in [1.82, 2.24) is 14.3 Å². The average molecular weight is 232 g/mol. The number of halogens is 1. The van der Waals surface area contributed by atoms with Crippen molar-refractivity contribution in [2.45, 2.75) is 6.54 Å². The third-order valence-corrected chi connectivity index (χ3v) is 2.39. The Morgan fingerprint density at radius 1 is 1.53 bits per heavy atom. The second-order valence-corrected chi connectivity index (χ2v) is 3.60. The number of nitrogens with zero attached hydrogens (tertiary/aromatic N) is 4. The van der Waals surface area contributed by atoms with Crippen LogP contribution >= 0.6 is 0 Å². The fraction of sp³-hybridized carbons (Fsp3) is 0.182. The van der Waals surface area contributed by atoms with Gasteiger partial charge in [0.1, 0.15) is 12.1 Å².